The van der Waals surface area contributed by atoms with E-state index in [2.05, 4.69) is 16.0 Å². The summed E-state index contributed by atoms with van der Waals surface area (Å²) in [6, 6.07) is 0.671. The first kappa shape index (κ1) is 95.9. The molecule has 3 heterocycles. The van der Waals surface area contributed by atoms with Gasteiger partial charge in [-0.1, -0.05) is 133 Å². The second-order valence-electron chi connectivity index (χ2n) is 31.2. The van der Waals surface area contributed by atoms with Crippen molar-refractivity contribution in [2.24, 2.45) is 47.2 Å². The molecule has 1 aromatic carbocycles. The molecule has 0 aromatic heterocycles. The summed E-state index contributed by atoms with van der Waals surface area (Å²) in [5, 5.41) is 20.2. The molecule has 33 heteroatoms. The number of carboxylic acids is 1. The summed E-state index contributed by atoms with van der Waals surface area (Å²) >= 11 is 0. The number of hydrogen-bond donors (Lipinski definition) is 5. The molecule has 630 valence electrons. The number of likely N-dealkylation sites (N-methyl/N-ethyl adjacent to an activating group) is 4. The van der Waals surface area contributed by atoms with E-state index in [1.54, 1.807) is 112 Å². The molecular formula is C80H125N13O20. The lowest BCUT2D eigenvalue weighted by Crippen LogP contribution is -2.60. The van der Waals surface area contributed by atoms with E-state index in [4.69, 9.17) is 19.9 Å². The third kappa shape index (κ3) is 25.8. The van der Waals surface area contributed by atoms with E-state index in [0.29, 0.717) is 37.8 Å². The summed E-state index contributed by atoms with van der Waals surface area (Å²) in [5.74, 6) is -15.4. The van der Waals surface area contributed by atoms with Gasteiger partial charge in [-0.05, 0) is 53.9 Å². The van der Waals surface area contributed by atoms with Crippen LogP contribution in [0.25, 0.3) is 0 Å². The Morgan fingerprint density at radius 2 is 0.920 bits per heavy atom. The van der Waals surface area contributed by atoms with Crippen molar-refractivity contribution in [1.29, 1.82) is 0 Å². The van der Waals surface area contributed by atoms with E-state index in [0.717, 1.165) is 53.9 Å². The fraction of sp³-hybridized carbons (Fsp3) is 0.675. The number of ether oxygens (including phenoxy) is 3. The number of carbonyl (C=O) groups excluding carboxylic acids is 15. The number of hydrazine groups is 1. The largest absolute Gasteiger partial charge is 0.480 e. The molecule has 0 saturated carbocycles. The third-order valence-corrected chi connectivity index (χ3v) is 22.0. The molecule has 14 atom stereocenters. The first-order valence-electron chi connectivity index (χ1n) is 39.1. The summed E-state index contributed by atoms with van der Waals surface area (Å²) in [5.41, 5.74) is 6.30. The number of amides is 15. The number of primary amides is 1. The van der Waals surface area contributed by atoms with Crippen LogP contribution in [0.4, 0.5) is 0 Å². The van der Waals surface area contributed by atoms with E-state index >= 15 is 4.79 Å². The normalized spacial score (nSPS) is 17.7. The highest BCUT2D eigenvalue weighted by molar-refractivity contribution is 6.13. The SMILES string of the molecule is CCC(C)[C@@H](C(CC(N)=O)OC)N(C)C(=O)[C@@H](NC(=O)[C@H](C(C)C)N(C)C(=O)CCN(C(=O)CCN1C(=O)C=CC1=O)N(CCC(=O)N(C)[C@H](C(=O)N[C@H](C(=O)N(C)[C@@H](C(C)CC)C(CC(=O)N1CCC[C@H]1[C@H](OC)[C@@H](C)C(=O)N[C@@H](Cc1ccccc1)C(=O)O)OC)C(C)C)C(C)C)C(=O)CCN1C(=O)C=CC1=O)C(C)C. The Hall–Kier alpha value is -9.50. The van der Waals surface area contributed by atoms with Crippen LogP contribution in [0, 0.1) is 41.4 Å². The summed E-state index contributed by atoms with van der Waals surface area (Å²) in [6.07, 6.45) is 0.753. The van der Waals surface area contributed by atoms with E-state index in [1.165, 1.54) is 45.2 Å². The highest BCUT2D eigenvalue weighted by Crippen LogP contribution is 2.31. The van der Waals surface area contributed by atoms with E-state index < -0.39 is 237 Å². The fourth-order valence-electron chi connectivity index (χ4n) is 15.2. The molecule has 113 heavy (non-hydrogen) atoms. The lowest BCUT2D eigenvalue weighted by molar-refractivity contribution is -0.167. The predicted molar refractivity (Wildman–Crippen MR) is 416 cm³/mol. The zero-order valence-corrected chi connectivity index (χ0v) is 69.7. The Kier molecular flexibility index (Phi) is 38.0. The molecule has 1 saturated heterocycles. The van der Waals surface area contributed by atoms with Crippen molar-refractivity contribution < 1.29 is 96.0 Å². The molecule has 0 radical (unpaired) electrons. The maximum Gasteiger partial charge on any atom is 0.326 e. The van der Waals surface area contributed by atoms with Crippen LogP contribution in [0.15, 0.2) is 54.6 Å². The van der Waals surface area contributed by atoms with E-state index in [1.807, 2.05) is 27.7 Å². The monoisotopic (exact) mass is 1590 g/mol. The van der Waals surface area contributed by atoms with Gasteiger partial charge in [-0.3, -0.25) is 91.7 Å². The molecule has 4 unspecified atom stereocenters. The minimum Gasteiger partial charge on any atom is -0.480 e. The van der Waals surface area contributed by atoms with Crippen LogP contribution in [0.5, 0.6) is 0 Å². The maximum atomic E-state index is 15.2. The summed E-state index contributed by atoms with van der Waals surface area (Å²) < 4.78 is 17.7. The van der Waals surface area contributed by atoms with Gasteiger partial charge < -0.3 is 65.5 Å². The molecule has 33 nitrogen and oxygen atoms in total. The number of benzene rings is 1. The van der Waals surface area contributed by atoms with Crippen molar-refractivity contribution in [2.45, 2.75) is 227 Å². The summed E-state index contributed by atoms with van der Waals surface area (Å²) in [7, 11) is 10.0. The second kappa shape index (κ2) is 44.8. The molecule has 0 spiro atoms. The van der Waals surface area contributed by atoms with Crippen molar-refractivity contribution in [3.8, 4) is 0 Å². The molecule has 1 aromatic rings. The van der Waals surface area contributed by atoms with Gasteiger partial charge in [0.05, 0.1) is 68.3 Å². The average Bonchev–Trinajstić information content (AvgIpc) is 1.79. The van der Waals surface area contributed by atoms with Gasteiger partial charge in [0.2, 0.25) is 65.0 Å². The van der Waals surface area contributed by atoms with E-state index in [9.17, 15) is 77.0 Å². The highest BCUT2D eigenvalue weighted by Gasteiger charge is 2.46. The third-order valence-electron chi connectivity index (χ3n) is 22.0. The van der Waals surface area contributed by atoms with Gasteiger partial charge in [0.25, 0.3) is 23.6 Å². The molecule has 6 N–H and O–H groups in total. The number of imide groups is 2. The standard InChI is InChI=1S/C80H125N13O20/c1-21-50(11)72(56(111-18)44-58(81)94)87(16)78(107)68(46(3)4)83-76(105)70(48(7)8)85(14)59(95)36-41-92(65(101)34-39-90-61(97)30-31-62(90)98)93(66(102)35-40-91-63(99)32-33-64(91)100)42-37-60(96)86(15)71(49(9)10)77(106)84-69(47(5)6)79(108)88(17)73(51(12)22-2)57(112-19)45-67(103)89-38-26-29-55(89)74(113-20)52(13)75(104)82-54(80(109)110)43-53-27-24-23-25-28-53/h23-25,27-28,30-33,46-52,54-57,68-74H,21-22,26,29,34-45H2,1-20H3,(H2,81,94)(H,82,104)(H,83,105)(H,84,106)(H,109,110)/t50?,51?,52-,54+,55+,56?,57?,68+,69+,70+,71+,72+,73+,74-/m1/s1. The Labute approximate surface area is 665 Å². The number of aliphatic carboxylic acids is 1. The molecular weight excluding hydrogens is 1460 g/mol. The molecule has 3 aliphatic rings. The van der Waals surface area contributed by atoms with Crippen molar-refractivity contribution in [3.05, 3.63) is 60.2 Å². The minimum atomic E-state index is -1.31. The summed E-state index contributed by atoms with van der Waals surface area (Å²) in [6.45, 7) is 20.8. The van der Waals surface area contributed by atoms with E-state index in [-0.39, 0.29) is 37.0 Å². The number of nitrogens with one attached hydrogen (secondary N) is 3. The van der Waals surface area contributed by atoms with Gasteiger partial charge in [0.15, 0.2) is 0 Å². The minimum absolute atomic E-state index is 0.0402. The molecule has 0 aliphatic carbocycles. The van der Waals surface area contributed by atoms with Crippen LogP contribution in [0.2, 0.25) is 0 Å². The Morgan fingerprint density at radius 1 is 0.522 bits per heavy atom. The van der Waals surface area contributed by atoms with Gasteiger partial charge >= 0.3 is 5.97 Å². The fourth-order valence-corrected chi connectivity index (χ4v) is 15.2. The van der Waals surface area contributed by atoms with Crippen LogP contribution < -0.4 is 21.7 Å². The number of rotatable bonds is 46. The van der Waals surface area contributed by atoms with Gasteiger partial charge in [-0.25, -0.2) is 4.79 Å². The number of hydrogen-bond acceptors (Lipinski definition) is 19. The van der Waals surface area contributed by atoms with Crippen molar-refractivity contribution in [2.75, 3.05) is 82.2 Å². The molecule has 1 fully saturated rings. The number of methoxy groups -OCH3 is 3. The predicted octanol–water partition coefficient (Wildman–Crippen LogP) is 2.71. The van der Waals surface area contributed by atoms with Crippen LogP contribution in [0.1, 0.15) is 160 Å². The van der Waals surface area contributed by atoms with Gasteiger partial charge in [0.1, 0.15) is 30.2 Å². The molecule has 0 bridgehead atoms. The topological polar surface area (TPSA) is 412 Å². The van der Waals surface area contributed by atoms with Crippen molar-refractivity contribution in [3.63, 3.8) is 0 Å². The Bertz CT molecular complexity index is 3550. The zero-order valence-electron chi connectivity index (χ0n) is 69.7. The van der Waals surface area contributed by atoms with Crippen LogP contribution in [0.3, 0.4) is 0 Å². The highest BCUT2D eigenvalue weighted by atomic mass is 16.5. The van der Waals surface area contributed by atoms with Gasteiger partial charge in [-0.2, -0.15) is 0 Å². The second-order valence-corrected chi connectivity index (χ2v) is 31.2. The molecule has 3 aliphatic heterocycles. The van der Waals surface area contributed by atoms with Gasteiger partial charge in [-0.15, -0.1) is 0 Å². The molecule has 15 amide bonds. The Balaban J connectivity index is 1.65. The van der Waals surface area contributed by atoms with Crippen molar-refractivity contribution >= 4 is 94.6 Å². The number of nitrogens with zero attached hydrogens (tertiary/aromatic N) is 9. The van der Waals surface area contributed by atoms with Crippen LogP contribution >= 0.6 is 0 Å². The number of likely N-dealkylation sites (tertiary alicyclic amines) is 1. The first-order chi connectivity index (χ1) is 53.1. The quantitative estimate of drug-likeness (QED) is 0.0463. The number of carbonyl (C=O) groups is 16. The average molecular weight is 1590 g/mol. The smallest absolute Gasteiger partial charge is 0.326 e. The van der Waals surface area contributed by atoms with Gasteiger partial charge in [0, 0.05) is 126 Å². The molecule has 4 rings (SSSR count). The first-order valence-corrected chi connectivity index (χ1v) is 39.1. The summed E-state index contributed by atoms with van der Waals surface area (Å²) in [4.78, 5) is 231. The van der Waals surface area contributed by atoms with Crippen molar-refractivity contribution in [1.82, 2.24) is 60.3 Å². The van der Waals surface area contributed by atoms with Crippen LogP contribution in [-0.2, 0) is 97.3 Å². The number of carboxylic acid groups (broad SMARTS) is 1. The lowest BCUT2D eigenvalue weighted by Gasteiger charge is -2.41. The van der Waals surface area contributed by atoms with Crippen LogP contribution in [-0.4, -0.2) is 293 Å². The lowest BCUT2D eigenvalue weighted by atomic mass is 9.89. The number of nitrogens with two attached hydrogens (primary N) is 1. The maximum absolute atomic E-state index is 15.2. The Morgan fingerprint density at radius 3 is 1.27 bits per heavy atom. The zero-order chi connectivity index (χ0) is 85.3.